The minimum absolute atomic E-state index is 0. The van der Waals surface area contributed by atoms with Crippen LogP contribution >= 0.6 is 23.7 Å². The van der Waals surface area contributed by atoms with Crippen LogP contribution in [0.4, 0.5) is 0 Å². The van der Waals surface area contributed by atoms with Crippen LogP contribution in [0, 0.1) is 6.92 Å². The van der Waals surface area contributed by atoms with Gasteiger partial charge in [-0.1, -0.05) is 0 Å². The number of carbonyl (C=O) groups is 1. The summed E-state index contributed by atoms with van der Waals surface area (Å²) in [4.78, 5) is 14.4. The molecule has 1 aromatic rings. The number of rotatable bonds is 2. The molecule has 1 amide bonds. The lowest BCUT2D eigenvalue weighted by atomic mass is 9.98. The monoisotopic (exact) mass is 300 g/mol. The Hall–Kier alpha value is -0.580. The molecule has 2 aliphatic heterocycles. The summed E-state index contributed by atoms with van der Waals surface area (Å²) in [6.45, 7) is 2.02. The molecule has 3 heterocycles. The van der Waals surface area contributed by atoms with Gasteiger partial charge in [-0.2, -0.15) is 11.3 Å². The lowest BCUT2D eigenvalue weighted by molar-refractivity contribution is 0.0681. The minimum atomic E-state index is 0. The molecule has 3 rings (SSSR count). The number of piperidine rings is 1. The van der Waals surface area contributed by atoms with Gasteiger partial charge in [0.2, 0.25) is 0 Å². The normalized spacial score (nSPS) is 28.8. The van der Waals surface area contributed by atoms with Crippen LogP contribution < -0.4 is 5.32 Å². The van der Waals surface area contributed by atoms with Crippen molar-refractivity contribution in [1.82, 2.24) is 10.2 Å². The molecule has 1 aromatic heterocycles. The van der Waals surface area contributed by atoms with Gasteiger partial charge in [-0.3, -0.25) is 4.79 Å². The lowest BCUT2D eigenvalue weighted by Crippen LogP contribution is -2.48. The Balaban J connectivity index is 0.00000133. The molecular weight excluding hydrogens is 280 g/mol. The summed E-state index contributed by atoms with van der Waals surface area (Å²) < 4.78 is 0. The third kappa shape index (κ3) is 2.81. The van der Waals surface area contributed by atoms with Crippen LogP contribution in [-0.2, 0) is 0 Å². The summed E-state index contributed by atoms with van der Waals surface area (Å²) in [5, 5.41) is 7.65. The second kappa shape index (κ2) is 5.81. The van der Waals surface area contributed by atoms with Crippen LogP contribution in [0.15, 0.2) is 10.8 Å². The Bertz CT molecular complexity index is 450. The van der Waals surface area contributed by atoms with Crippen molar-refractivity contribution in [2.75, 3.05) is 7.05 Å². The third-order valence-electron chi connectivity index (χ3n) is 4.40. The number of nitrogens with one attached hydrogen (secondary N) is 1. The fourth-order valence-electron chi connectivity index (χ4n) is 3.28. The van der Waals surface area contributed by atoms with Gasteiger partial charge in [0.15, 0.2) is 0 Å². The Morgan fingerprint density at radius 1 is 1.32 bits per heavy atom. The van der Waals surface area contributed by atoms with Crippen molar-refractivity contribution < 1.29 is 4.79 Å². The molecule has 2 bridgehead atoms. The SMILES string of the molecule is Cc1cscc1C(=O)N(C)C1CC2CCC(C1)N2.Cl. The highest BCUT2D eigenvalue weighted by molar-refractivity contribution is 7.08. The van der Waals surface area contributed by atoms with E-state index in [0.717, 1.165) is 24.0 Å². The van der Waals surface area contributed by atoms with Gasteiger partial charge < -0.3 is 10.2 Å². The van der Waals surface area contributed by atoms with Crippen LogP contribution in [0.1, 0.15) is 41.6 Å². The molecule has 0 aliphatic carbocycles. The van der Waals surface area contributed by atoms with E-state index in [1.165, 1.54) is 12.8 Å². The molecule has 19 heavy (non-hydrogen) atoms. The molecule has 2 unspecified atom stereocenters. The number of hydrogen-bond donors (Lipinski definition) is 1. The molecule has 2 aliphatic rings. The molecule has 106 valence electrons. The van der Waals surface area contributed by atoms with E-state index in [0.29, 0.717) is 18.1 Å². The zero-order chi connectivity index (χ0) is 12.7. The van der Waals surface area contributed by atoms with Gasteiger partial charge in [0.05, 0.1) is 5.56 Å². The van der Waals surface area contributed by atoms with Crippen LogP contribution in [0.25, 0.3) is 0 Å². The van der Waals surface area contributed by atoms with E-state index < -0.39 is 0 Å². The first-order valence-corrected chi connectivity index (χ1v) is 7.65. The van der Waals surface area contributed by atoms with Crippen molar-refractivity contribution in [3.05, 3.63) is 21.9 Å². The van der Waals surface area contributed by atoms with Gasteiger partial charge in [-0.15, -0.1) is 12.4 Å². The first-order valence-electron chi connectivity index (χ1n) is 6.71. The zero-order valence-corrected chi connectivity index (χ0v) is 13.0. The van der Waals surface area contributed by atoms with Gasteiger partial charge in [0.1, 0.15) is 0 Å². The number of fused-ring (bicyclic) bond motifs is 2. The third-order valence-corrected chi connectivity index (χ3v) is 5.26. The average molecular weight is 301 g/mol. The highest BCUT2D eigenvalue weighted by Gasteiger charge is 2.36. The van der Waals surface area contributed by atoms with Gasteiger partial charge in [-0.05, 0) is 43.6 Å². The van der Waals surface area contributed by atoms with Crippen LogP contribution in [0.2, 0.25) is 0 Å². The Labute approximate surface area is 124 Å². The summed E-state index contributed by atoms with van der Waals surface area (Å²) in [6.07, 6.45) is 4.78. The first kappa shape index (κ1) is 14.8. The van der Waals surface area contributed by atoms with Crippen molar-refractivity contribution in [3.8, 4) is 0 Å². The summed E-state index contributed by atoms with van der Waals surface area (Å²) in [5.74, 6) is 0.194. The van der Waals surface area contributed by atoms with Gasteiger partial charge >= 0.3 is 0 Å². The number of amides is 1. The van der Waals surface area contributed by atoms with Gasteiger partial charge in [-0.25, -0.2) is 0 Å². The summed E-state index contributed by atoms with van der Waals surface area (Å²) in [5.41, 5.74) is 1.99. The molecule has 2 fully saturated rings. The highest BCUT2D eigenvalue weighted by atomic mass is 35.5. The standard InChI is InChI=1S/C14H20N2OS.ClH/c1-9-7-18-8-13(9)14(17)16(2)12-5-10-3-4-11(6-12)15-10;/h7-8,10-12,15H,3-6H2,1-2H3;1H. The van der Waals surface area contributed by atoms with Crippen LogP contribution in [0.3, 0.4) is 0 Å². The molecule has 0 spiro atoms. The lowest BCUT2D eigenvalue weighted by Gasteiger charge is -2.35. The summed E-state index contributed by atoms with van der Waals surface area (Å²) >= 11 is 1.61. The zero-order valence-electron chi connectivity index (χ0n) is 11.4. The Morgan fingerprint density at radius 3 is 2.47 bits per heavy atom. The fraction of sp³-hybridized carbons (Fsp3) is 0.643. The maximum absolute atomic E-state index is 12.5. The van der Waals surface area contributed by atoms with Crippen LogP contribution in [0.5, 0.6) is 0 Å². The summed E-state index contributed by atoms with van der Waals surface area (Å²) in [6, 6.07) is 1.68. The fourth-order valence-corrected chi connectivity index (χ4v) is 4.10. The summed E-state index contributed by atoms with van der Waals surface area (Å²) in [7, 11) is 1.97. The number of thiophene rings is 1. The number of aryl methyl sites for hydroxylation is 1. The molecule has 2 saturated heterocycles. The molecule has 1 N–H and O–H groups in total. The molecule has 0 saturated carbocycles. The van der Waals surface area contributed by atoms with E-state index in [4.69, 9.17) is 0 Å². The topological polar surface area (TPSA) is 32.3 Å². The number of halogens is 1. The van der Waals surface area contributed by atoms with Crippen molar-refractivity contribution in [1.29, 1.82) is 0 Å². The second-order valence-electron chi connectivity index (χ2n) is 5.65. The van der Waals surface area contributed by atoms with E-state index in [2.05, 4.69) is 5.32 Å². The van der Waals surface area contributed by atoms with E-state index in [-0.39, 0.29) is 18.3 Å². The largest absolute Gasteiger partial charge is 0.339 e. The van der Waals surface area contributed by atoms with Gasteiger partial charge in [0, 0.05) is 30.6 Å². The van der Waals surface area contributed by atoms with Crippen LogP contribution in [-0.4, -0.2) is 36.0 Å². The average Bonchev–Trinajstić information content (AvgIpc) is 2.93. The number of carbonyl (C=O) groups excluding carboxylic acids is 1. The molecule has 2 atom stereocenters. The van der Waals surface area contributed by atoms with Crippen molar-refractivity contribution >= 4 is 29.7 Å². The maximum Gasteiger partial charge on any atom is 0.254 e. The minimum Gasteiger partial charge on any atom is -0.339 e. The van der Waals surface area contributed by atoms with E-state index in [1.54, 1.807) is 11.3 Å². The number of nitrogens with zero attached hydrogens (tertiary/aromatic N) is 1. The predicted octanol–water partition coefficient (Wildman–Crippen LogP) is 2.83. The second-order valence-corrected chi connectivity index (χ2v) is 6.39. The van der Waals surface area contributed by atoms with Crippen molar-refractivity contribution in [3.63, 3.8) is 0 Å². The maximum atomic E-state index is 12.5. The smallest absolute Gasteiger partial charge is 0.254 e. The quantitative estimate of drug-likeness (QED) is 0.911. The molecule has 3 nitrogen and oxygen atoms in total. The molecule has 0 aromatic carbocycles. The Kier molecular flexibility index (Phi) is 4.54. The number of hydrogen-bond acceptors (Lipinski definition) is 3. The molecular formula is C14H21ClN2OS. The first-order chi connectivity index (χ1) is 8.65. The molecule has 5 heteroatoms. The van der Waals surface area contributed by atoms with Gasteiger partial charge in [0.25, 0.3) is 5.91 Å². The predicted molar refractivity (Wildman–Crippen MR) is 81.4 cm³/mol. The van der Waals surface area contributed by atoms with Crippen molar-refractivity contribution in [2.45, 2.75) is 50.7 Å². The van der Waals surface area contributed by atoms with E-state index in [9.17, 15) is 4.79 Å². The van der Waals surface area contributed by atoms with E-state index >= 15 is 0 Å². The van der Waals surface area contributed by atoms with Crippen molar-refractivity contribution in [2.24, 2.45) is 0 Å². The Morgan fingerprint density at radius 2 is 1.95 bits per heavy atom. The highest BCUT2D eigenvalue weighted by Crippen LogP contribution is 2.30. The van der Waals surface area contributed by atoms with E-state index in [1.807, 2.05) is 29.6 Å². The molecule has 0 radical (unpaired) electrons.